The van der Waals surface area contributed by atoms with Crippen molar-refractivity contribution in [3.63, 3.8) is 0 Å². The van der Waals surface area contributed by atoms with Gasteiger partial charge in [-0.15, -0.1) is 6.58 Å². The van der Waals surface area contributed by atoms with Crippen LogP contribution in [0.15, 0.2) is 36.9 Å². The van der Waals surface area contributed by atoms with Crippen LogP contribution in [0.2, 0.25) is 0 Å². The summed E-state index contributed by atoms with van der Waals surface area (Å²) in [6, 6.07) is 7.11. The molecule has 1 aromatic rings. The van der Waals surface area contributed by atoms with Crippen LogP contribution >= 0.6 is 0 Å². The third kappa shape index (κ3) is 1.67. The SMILES string of the molecule is C=C[C@H]1C[C@@]2(C(=O)OC)C(=O)Nc3ccccc3[C@H]2[C@@H]1N. The molecule has 0 aromatic heterocycles. The number of hydrogen-bond donors (Lipinski definition) is 2. The lowest BCUT2D eigenvalue weighted by Crippen LogP contribution is -2.51. The number of para-hydroxylation sites is 1. The maximum Gasteiger partial charge on any atom is 0.322 e. The van der Waals surface area contributed by atoms with E-state index in [1.54, 1.807) is 6.08 Å². The number of nitrogens with one attached hydrogen (secondary N) is 1. The molecule has 1 heterocycles. The van der Waals surface area contributed by atoms with E-state index in [0.29, 0.717) is 12.1 Å². The molecule has 110 valence electrons. The lowest BCUT2D eigenvalue weighted by atomic mass is 9.70. The molecule has 4 atom stereocenters. The van der Waals surface area contributed by atoms with Gasteiger partial charge in [0.1, 0.15) is 0 Å². The summed E-state index contributed by atoms with van der Waals surface area (Å²) in [4.78, 5) is 25.1. The maximum atomic E-state index is 12.7. The summed E-state index contributed by atoms with van der Waals surface area (Å²) in [5.41, 5.74) is 6.68. The molecule has 1 fully saturated rings. The van der Waals surface area contributed by atoms with Gasteiger partial charge in [0.15, 0.2) is 5.41 Å². The maximum absolute atomic E-state index is 12.7. The van der Waals surface area contributed by atoms with E-state index < -0.39 is 17.3 Å². The van der Waals surface area contributed by atoms with Gasteiger partial charge in [0, 0.05) is 17.6 Å². The fourth-order valence-corrected chi connectivity index (χ4v) is 3.76. The molecule has 1 aliphatic heterocycles. The minimum absolute atomic E-state index is 0.106. The molecule has 0 bridgehead atoms. The quantitative estimate of drug-likeness (QED) is 0.489. The Kier molecular flexibility index (Phi) is 3.10. The van der Waals surface area contributed by atoms with E-state index >= 15 is 0 Å². The summed E-state index contributed by atoms with van der Waals surface area (Å²) in [5.74, 6) is -1.36. The first-order valence-electron chi connectivity index (χ1n) is 6.93. The number of esters is 1. The Morgan fingerprint density at radius 3 is 2.90 bits per heavy atom. The highest BCUT2D eigenvalue weighted by Crippen LogP contribution is 2.56. The van der Waals surface area contributed by atoms with Crippen LogP contribution in [-0.4, -0.2) is 25.0 Å². The highest BCUT2D eigenvalue weighted by atomic mass is 16.5. The van der Waals surface area contributed by atoms with E-state index in [1.165, 1.54) is 7.11 Å². The van der Waals surface area contributed by atoms with Crippen LogP contribution in [0.3, 0.4) is 0 Å². The minimum atomic E-state index is -1.26. The zero-order valence-electron chi connectivity index (χ0n) is 11.8. The molecule has 0 unspecified atom stereocenters. The molecule has 1 aromatic carbocycles. The molecule has 3 N–H and O–H groups in total. The standard InChI is InChI=1S/C16H18N2O3/c1-3-9-8-16(15(20)21-2)12(13(9)17)10-6-4-5-7-11(10)18-14(16)19/h3-7,9,12-13H,1,8,17H2,2H3,(H,18,19)/t9-,12-,13+,16-/m0/s1. The van der Waals surface area contributed by atoms with Gasteiger partial charge < -0.3 is 15.8 Å². The Labute approximate surface area is 123 Å². The summed E-state index contributed by atoms with van der Waals surface area (Å²) in [7, 11) is 1.30. The molecule has 0 spiro atoms. The van der Waals surface area contributed by atoms with Gasteiger partial charge in [-0.2, -0.15) is 0 Å². The highest BCUT2D eigenvalue weighted by molar-refractivity contribution is 6.12. The van der Waals surface area contributed by atoms with Crippen molar-refractivity contribution in [2.24, 2.45) is 17.1 Å². The number of methoxy groups -OCH3 is 1. The second kappa shape index (κ2) is 4.70. The van der Waals surface area contributed by atoms with Crippen LogP contribution in [0.25, 0.3) is 0 Å². The van der Waals surface area contributed by atoms with Gasteiger partial charge in [-0.25, -0.2) is 0 Å². The number of benzene rings is 1. The molecule has 1 saturated carbocycles. The average Bonchev–Trinajstić information content (AvgIpc) is 2.81. The first kappa shape index (κ1) is 13.8. The molecule has 3 rings (SSSR count). The smallest absolute Gasteiger partial charge is 0.322 e. The van der Waals surface area contributed by atoms with Crippen molar-refractivity contribution < 1.29 is 14.3 Å². The van der Waals surface area contributed by atoms with Crippen LogP contribution < -0.4 is 11.1 Å². The largest absolute Gasteiger partial charge is 0.468 e. The van der Waals surface area contributed by atoms with Crippen LogP contribution in [0.4, 0.5) is 5.69 Å². The predicted molar refractivity (Wildman–Crippen MR) is 78.5 cm³/mol. The number of amides is 1. The number of carbonyl (C=O) groups excluding carboxylic acids is 2. The summed E-state index contributed by atoms with van der Waals surface area (Å²) in [5, 5.41) is 2.82. The zero-order valence-corrected chi connectivity index (χ0v) is 11.8. The molecule has 1 aliphatic carbocycles. The van der Waals surface area contributed by atoms with Crippen LogP contribution in [0.5, 0.6) is 0 Å². The summed E-state index contributed by atoms with van der Waals surface area (Å²) >= 11 is 0. The summed E-state index contributed by atoms with van der Waals surface area (Å²) in [6.07, 6.45) is 2.05. The van der Waals surface area contributed by atoms with Crippen molar-refractivity contribution in [3.05, 3.63) is 42.5 Å². The van der Waals surface area contributed by atoms with Gasteiger partial charge in [-0.3, -0.25) is 9.59 Å². The number of carbonyl (C=O) groups is 2. The minimum Gasteiger partial charge on any atom is -0.468 e. The predicted octanol–water partition coefficient (Wildman–Crippen LogP) is 1.41. The van der Waals surface area contributed by atoms with E-state index in [4.69, 9.17) is 10.5 Å². The Hall–Kier alpha value is -2.14. The number of nitrogens with two attached hydrogens (primary N) is 1. The number of hydrogen-bond acceptors (Lipinski definition) is 4. The second-order valence-corrected chi connectivity index (χ2v) is 5.66. The van der Waals surface area contributed by atoms with Crippen molar-refractivity contribution in [1.29, 1.82) is 0 Å². The Balaban J connectivity index is 2.23. The monoisotopic (exact) mass is 286 g/mol. The third-order valence-electron chi connectivity index (χ3n) is 4.77. The second-order valence-electron chi connectivity index (χ2n) is 5.66. The van der Waals surface area contributed by atoms with Crippen LogP contribution in [0, 0.1) is 11.3 Å². The van der Waals surface area contributed by atoms with E-state index in [2.05, 4.69) is 11.9 Å². The van der Waals surface area contributed by atoms with Crippen molar-refractivity contribution in [2.45, 2.75) is 18.4 Å². The summed E-state index contributed by atoms with van der Waals surface area (Å²) < 4.78 is 4.93. The number of ether oxygens (including phenoxy) is 1. The molecule has 0 radical (unpaired) electrons. The molecule has 2 aliphatic rings. The van der Waals surface area contributed by atoms with Crippen molar-refractivity contribution >= 4 is 17.6 Å². The molecule has 5 heteroatoms. The topological polar surface area (TPSA) is 81.4 Å². The van der Waals surface area contributed by atoms with Gasteiger partial charge >= 0.3 is 5.97 Å². The van der Waals surface area contributed by atoms with Gasteiger partial charge in [-0.1, -0.05) is 24.3 Å². The molecule has 5 nitrogen and oxygen atoms in total. The molecular weight excluding hydrogens is 268 g/mol. The molecule has 1 amide bonds. The first-order chi connectivity index (χ1) is 10.1. The van der Waals surface area contributed by atoms with E-state index in [0.717, 1.165) is 5.56 Å². The van der Waals surface area contributed by atoms with Crippen LogP contribution in [0.1, 0.15) is 17.9 Å². The molecule has 21 heavy (non-hydrogen) atoms. The number of anilines is 1. The number of fused-ring (bicyclic) bond motifs is 3. The van der Waals surface area contributed by atoms with Crippen LogP contribution in [-0.2, 0) is 14.3 Å². The lowest BCUT2D eigenvalue weighted by Gasteiger charge is -2.38. The average molecular weight is 286 g/mol. The lowest BCUT2D eigenvalue weighted by molar-refractivity contribution is -0.158. The normalized spacial score (nSPS) is 33.6. The fraction of sp³-hybridized carbons (Fsp3) is 0.375. The third-order valence-corrected chi connectivity index (χ3v) is 4.77. The van der Waals surface area contributed by atoms with Gasteiger partial charge in [0.2, 0.25) is 5.91 Å². The van der Waals surface area contributed by atoms with E-state index in [1.807, 2.05) is 24.3 Å². The van der Waals surface area contributed by atoms with E-state index in [9.17, 15) is 9.59 Å². The molecule has 0 saturated heterocycles. The number of rotatable bonds is 2. The fourth-order valence-electron chi connectivity index (χ4n) is 3.76. The van der Waals surface area contributed by atoms with Gasteiger partial charge in [0.05, 0.1) is 7.11 Å². The zero-order chi connectivity index (χ0) is 15.2. The van der Waals surface area contributed by atoms with E-state index in [-0.39, 0.29) is 17.9 Å². The Morgan fingerprint density at radius 1 is 1.52 bits per heavy atom. The Morgan fingerprint density at radius 2 is 2.24 bits per heavy atom. The highest BCUT2D eigenvalue weighted by Gasteiger charge is 2.64. The van der Waals surface area contributed by atoms with Crippen molar-refractivity contribution in [1.82, 2.24) is 0 Å². The first-order valence-corrected chi connectivity index (χ1v) is 6.93. The van der Waals surface area contributed by atoms with Gasteiger partial charge in [0.25, 0.3) is 0 Å². The van der Waals surface area contributed by atoms with Crippen molar-refractivity contribution in [2.75, 3.05) is 12.4 Å². The Bertz CT molecular complexity index is 628. The summed E-state index contributed by atoms with van der Waals surface area (Å²) in [6.45, 7) is 3.78. The molecular formula is C16H18N2O3. The van der Waals surface area contributed by atoms with Gasteiger partial charge in [-0.05, 0) is 24.0 Å². The van der Waals surface area contributed by atoms with Crippen molar-refractivity contribution in [3.8, 4) is 0 Å².